The molecule has 1 aromatic carbocycles. The Balaban J connectivity index is 2.95. The highest BCUT2D eigenvalue weighted by molar-refractivity contribution is 6.33. The molecule has 0 aliphatic carbocycles. The van der Waals surface area contributed by atoms with Crippen molar-refractivity contribution >= 4 is 29.2 Å². The smallest absolute Gasteiger partial charge is 0.307 e. The molecule has 94 valence electrons. The van der Waals surface area contributed by atoms with Crippen molar-refractivity contribution < 1.29 is 9.53 Å². The highest BCUT2D eigenvalue weighted by Gasteiger charge is 2.28. The number of benzene rings is 1. The lowest BCUT2D eigenvalue weighted by molar-refractivity contribution is -0.144. The fourth-order valence-corrected chi connectivity index (χ4v) is 2.05. The highest BCUT2D eigenvalue weighted by Crippen LogP contribution is 2.31. The van der Waals surface area contributed by atoms with Crippen LogP contribution in [0.25, 0.3) is 0 Å². The quantitative estimate of drug-likeness (QED) is 0.859. The van der Waals surface area contributed by atoms with Crippen molar-refractivity contribution in [3.8, 4) is 0 Å². The molecule has 1 atom stereocenters. The van der Waals surface area contributed by atoms with E-state index in [9.17, 15) is 4.79 Å². The molecule has 0 aromatic heterocycles. The first-order valence-electron chi connectivity index (χ1n) is 5.27. The molecule has 0 amide bonds. The number of halogens is 2. The molecule has 0 fully saturated rings. The molecule has 0 aliphatic rings. The van der Waals surface area contributed by atoms with Gasteiger partial charge in [0.05, 0.1) is 18.6 Å². The van der Waals surface area contributed by atoms with E-state index in [2.05, 4.69) is 0 Å². The average Bonchev–Trinajstić information content (AvgIpc) is 2.21. The molecule has 1 unspecified atom stereocenters. The molecule has 0 aliphatic heterocycles. The lowest BCUT2D eigenvalue weighted by Crippen LogP contribution is -2.36. The van der Waals surface area contributed by atoms with Gasteiger partial charge in [-0.3, -0.25) is 4.79 Å². The number of hydrogen-bond donors (Lipinski definition) is 1. The van der Waals surface area contributed by atoms with Gasteiger partial charge in [0.15, 0.2) is 0 Å². The van der Waals surface area contributed by atoms with Gasteiger partial charge in [-0.2, -0.15) is 0 Å². The maximum absolute atomic E-state index is 11.4. The fraction of sp³-hybridized carbons (Fsp3) is 0.417. The molecule has 0 radical (unpaired) electrons. The summed E-state index contributed by atoms with van der Waals surface area (Å²) in [7, 11) is 0. The monoisotopic (exact) mass is 275 g/mol. The second-order valence-electron chi connectivity index (χ2n) is 4.02. The molecule has 17 heavy (non-hydrogen) atoms. The van der Waals surface area contributed by atoms with Crippen LogP contribution in [-0.2, 0) is 15.1 Å². The molecule has 5 heteroatoms. The maximum Gasteiger partial charge on any atom is 0.307 e. The van der Waals surface area contributed by atoms with Crippen molar-refractivity contribution in [2.75, 3.05) is 6.61 Å². The normalized spacial score (nSPS) is 14.2. The Bertz CT molecular complexity index is 419. The van der Waals surface area contributed by atoms with Gasteiger partial charge in [-0.05, 0) is 37.6 Å². The van der Waals surface area contributed by atoms with Crippen molar-refractivity contribution in [3.63, 3.8) is 0 Å². The summed E-state index contributed by atoms with van der Waals surface area (Å²) >= 11 is 11.9. The predicted molar refractivity (Wildman–Crippen MR) is 69.3 cm³/mol. The maximum atomic E-state index is 11.4. The third-order valence-electron chi connectivity index (χ3n) is 2.36. The van der Waals surface area contributed by atoms with Gasteiger partial charge in [0, 0.05) is 10.0 Å². The zero-order chi connectivity index (χ0) is 13.1. The third-order valence-corrected chi connectivity index (χ3v) is 2.93. The van der Waals surface area contributed by atoms with Crippen molar-refractivity contribution in [2.45, 2.75) is 25.8 Å². The Morgan fingerprint density at radius 2 is 2.12 bits per heavy atom. The number of ether oxygens (including phenoxy) is 1. The first-order valence-corrected chi connectivity index (χ1v) is 6.02. The second kappa shape index (κ2) is 5.71. The van der Waals surface area contributed by atoms with Gasteiger partial charge < -0.3 is 10.5 Å². The van der Waals surface area contributed by atoms with E-state index in [-0.39, 0.29) is 12.4 Å². The van der Waals surface area contributed by atoms with Crippen LogP contribution in [0.15, 0.2) is 18.2 Å². The number of carbonyl (C=O) groups is 1. The second-order valence-corrected chi connectivity index (χ2v) is 4.87. The molecule has 1 rings (SSSR count). The number of nitrogens with two attached hydrogens (primary N) is 1. The Kier molecular flexibility index (Phi) is 4.80. The Morgan fingerprint density at radius 3 is 2.71 bits per heavy atom. The number of carbonyl (C=O) groups excluding carboxylic acids is 1. The topological polar surface area (TPSA) is 52.3 Å². The van der Waals surface area contributed by atoms with E-state index >= 15 is 0 Å². The van der Waals surface area contributed by atoms with Crippen LogP contribution < -0.4 is 5.73 Å². The van der Waals surface area contributed by atoms with Crippen molar-refractivity contribution in [2.24, 2.45) is 5.73 Å². The van der Waals surface area contributed by atoms with E-state index in [0.717, 1.165) is 0 Å². The summed E-state index contributed by atoms with van der Waals surface area (Å²) in [5.74, 6) is -0.353. The minimum atomic E-state index is -0.895. The summed E-state index contributed by atoms with van der Waals surface area (Å²) < 4.78 is 4.87. The van der Waals surface area contributed by atoms with Crippen LogP contribution in [0.1, 0.15) is 25.8 Å². The molecule has 3 nitrogen and oxygen atoms in total. The van der Waals surface area contributed by atoms with Crippen LogP contribution in [0.4, 0.5) is 0 Å². The summed E-state index contributed by atoms with van der Waals surface area (Å²) in [5.41, 5.74) is 5.84. The van der Waals surface area contributed by atoms with Gasteiger partial charge in [0.1, 0.15) is 0 Å². The largest absolute Gasteiger partial charge is 0.466 e. The van der Waals surface area contributed by atoms with Crippen LogP contribution in [0.5, 0.6) is 0 Å². The third kappa shape index (κ3) is 3.87. The molecule has 0 saturated carbocycles. The first-order chi connectivity index (χ1) is 7.86. The molecular formula is C12H15Cl2NO2. The Labute approximate surface area is 111 Å². The predicted octanol–water partition coefficient (Wildman–Crippen LogP) is 3.12. The van der Waals surface area contributed by atoms with Crippen LogP contribution in [0, 0.1) is 0 Å². The lowest BCUT2D eigenvalue weighted by Gasteiger charge is -2.25. The van der Waals surface area contributed by atoms with E-state index in [1.807, 2.05) is 0 Å². The summed E-state index contributed by atoms with van der Waals surface area (Å²) in [6, 6.07) is 5.01. The van der Waals surface area contributed by atoms with E-state index in [1.54, 1.807) is 32.0 Å². The zero-order valence-electron chi connectivity index (χ0n) is 9.80. The van der Waals surface area contributed by atoms with Gasteiger partial charge in [0.2, 0.25) is 0 Å². The average molecular weight is 276 g/mol. The number of hydrogen-bond acceptors (Lipinski definition) is 3. The molecule has 2 N–H and O–H groups in total. The van der Waals surface area contributed by atoms with E-state index in [1.165, 1.54) is 0 Å². The van der Waals surface area contributed by atoms with Crippen LogP contribution >= 0.6 is 23.2 Å². The van der Waals surface area contributed by atoms with Crippen LogP contribution in [0.2, 0.25) is 10.0 Å². The minimum absolute atomic E-state index is 0.0565. The summed E-state index contributed by atoms with van der Waals surface area (Å²) in [6.07, 6.45) is 0.0565. The van der Waals surface area contributed by atoms with Gasteiger partial charge in [-0.15, -0.1) is 0 Å². The van der Waals surface area contributed by atoms with Crippen molar-refractivity contribution in [1.29, 1.82) is 0 Å². The molecular weight excluding hydrogens is 261 g/mol. The first kappa shape index (κ1) is 14.3. The van der Waals surface area contributed by atoms with Gasteiger partial charge in [-0.1, -0.05) is 23.2 Å². The fourth-order valence-electron chi connectivity index (χ4n) is 1.54. The van der Waals surface area contributed by atoms with Crippen molar-refractivity contribution in [3.05, 3.63) is 33.8 Å². The standard InChI is InChI=1S/C12H15Cl2NO2/c1-3-17-11(16)7-12(2,15)9-6-8(13)4-5-10(9)14/h4-6H,3,7,15H2,1-2H3. The van der Waals surface area contributed by atoms with Crippen molar-refractivity contribution in [1.82, 2.24) is 0 Å². The molecule has 0 spiro atoms. The summed E-state index contributed by atoms with van der Waals surface area (Å²) in [6.45, 7) is 3.80. The van der Waals surface area contributed by atoms with Gasteiger partial charge >= 0.3 is 5.97 Å². The van der Waals surface area contributed by atoms with Gasteiger partial charge in [0.25, 0.3) is 0 Å². The number of rotatable bonds is 4. The lowest BCUT2D eigenvalue weighted by atomic mass is 9.90. The number of esters is 1. The molecule has 0 bridgehead atoms. The van der Waals surface area contributed by atoms with Crippen LogP contribution in [0.3, 0.4) is 0 Å². The van der Waals surface area contributed by atoms with E-state index in [0.29, 0.717) is 22.2 Å². The van der Waals surface area contributed by atoms with Gasteiger partial charge in [-0.25, -0.2) is 0 Å². The zero-order valence-corrected chi connectivity index (χ0v) is 11.3. The summed E-state index contributed by atoms with van der Waals surface area (Å²) in [4.78, 5) is 11.4. The van der Waals surface area contributed by atoms with E-state index in [4.69, 9.17) is 33.7 Å². The summed E-state index contributed by atoms with van der Waals surface area (Å²) in [5, 5.41) is 1.02. The Morgan fingerprint density at radius 1 is 1.47 bits per heavy atom. The Hall–Kier alpha value is -0.770. The molecule has 0 saturated heterocycles. The molecule has 1 aromatic rings. The van der Waals surface area contributed by atoms with Crippen LogP contribution in [-0.4, -0.2) is 12.6 Å². The minimum Gasteiger partial charge on any atom is -0.466 e. The SMILES string of the molecule is CCOC(=O)CC(C)(N)c1cc(Cl)ccc1Cl. The highest BCUT2D eigenvalue weighted by atomic mass is 35.5. The molecule has 0 heterocycles. The van der Waals surface area contributed by atoms with E-state index < -0.39 is 5.54 Å².